The van der Waals surface area contributed by atoms with Crippen LogP contribution in [0.3, 0.4) is 0 Å². The molecule has 0 spiro atoms. The molecule has 46 heavy (non-hydrogen) atoms. The standard InChI is InChI=1S/C37H69NO8/c1-3-5-7-9-11-13-14-15-16-17-19-21-23-25-27-33(41)38-30(31(40)26-24-22-20-18-12-10-8-6-4-2)29-45-37-36(44)35(43)34(42)32(28-39)46-37/h14-15,24,26,30-32,34-37,39-40,42-44H,3-13,16-23,25,27-29H2,1-2H3,(H,38,41)/b15-14-,26-24+. The molecule has 0 aromatic rings. The lowest BCUT2D eigenvalue weighted by atomic mass is 9.99. The summed E-state index contributed by atoms with van der Waals surface area (Å²) in [6.45, 7) is 3.69. The highest BCUT2D eigenvalue weighted by molar-refractivity contribution is 5.76. The number of hydrogen-bond donors (Lipinski definition) is 6. The first kappa shape index (κ1) is 42.7. The van der Waals surface area contributed by atoms with Gasteiger partial charge in [-0.25, -0.2) is 0 Å². The van der Waals surface area contributed by atoms with Gasteiger partial charge in [-0.1, -0.05) is 122 Å². The van der Waals surface area contributed by atoms with Crippen molar-refractivity contribution in [2.24, 2.45) is 0 Å². The Morgan fingerprint density at radius 3 is 1.76 bits per heavy atom. The highest BCUT2D eigenvalue weighted by Crippen LogP contribution is 2.22. The maximum Gasteiger partial charge on any atom is 0.220 e. The van der Waals surface area contributed by atoms with Crippen LogP contribution in [0.1, 0.15) is 149 Å². The van der Waals surface area contributed by atoms with Crippen molar-refractivity contribution in [3.05, 3.63) is 24.3 Å². The molecular weight excluding hydrogens is 586 g/mol. The molecule has 7 atom stereocenters. The monoisotopic (exact) mass is 656 g/mol. The van der Waals surface area contributed by atoms with Gasteiger partial charge in [0.25, 0.3) is 0 Å². The van der Waals surface area contributed by atoms with Crippen molar-refractivity contribution in [1.82, 2.24) is 5.32 Å². The first-order chi connectivity index (χ1) is 22.3. The third kappa shape index (κ3) is 20.1. The van der Waals surface area contributed by atoms with E-state index in [9.17, 15) is 30.3 Å². The summed E-state index contributed by atoms with van der Waals surface area (Å²) in [5, 5.41) is 53.7. The van der Waals surface area contributed by atoms with Crippen molar-refractivity contribution in [2.75, 3.05) is 13.2 Å². The minimum Gasteiger partial charge on any atom is -0.394 e. The molecule has 6 N–H and O–H groups in total. The molecule has 0 aromatic carbocycles. The van der Waals surface area contributed by atoms with Crippen LogP contribution in [0.4, 0.5) is 0 Å². The van der Waals surface area contributed by atoms with Gasteiger partial charge in [-0.15, -0.1) is 0 Å². The predicted octanol–water partition coefficient (Wildman–Crippen LogP) is 5.99. The zero-order chi connectivity index (χ0) is 33.8. The first-order valence-corrected chi connectivity index (χ1v) is 18.6. The van der Waals surface area contributed by atoms with Crippen LogP contribution in [0.2, 0.25) is 0 Å². The van der Waals surface area contributed by atoms with Crippen LogP contribution in [0.15, 0.2) is 24.3 Å². The van der Waals surface area contributed by atoms with Crippen molar-refractivity contribution in [3.8, 4) is 0 Å². The smallest absolute Gasteiger partial charge is 0.220 e. The Morgan fingerprint density at radius 1 is 0.717 bits per heavy atom. The van der Waals surface area contributed by atoms with Gasteiger partial charge >= 0.3 is 0 Å². The summed E-state index contributed by atoms with van der Waals surface area (Å²) < 4.78 is 11.1. The average molecular weight is 656 g/mol. The summed E-state index contributed by atoms with van der Waals surface area (Å²) >= 11 is 0. The highest BCUT2D eigenvalue weighted by atomic mass is 16.7. The van der Waals surface area contributed by atoms with Crippen LogP contribution in [0.25, 0.3) is 0 Å². The quantitative estimate of drug-likeness (QED) is 0.0425. The second-order valence-corrected chi connectivity index (χ2v) is 13.0. The van der Waals surface area contributed by atoms with Gasteiger partial charge in [0.15, 0.2) is 6.29 Å². The lowest BCUT2D eigenvalue weighted by Crippen LogP contribution is -2.60. The number of aliphatic hydroxyl groups excluding tert-OH is 5. The third-order valence-electron chi connectivity index (χ3n) is 8.77. The van der Waals surface area contributed by atoms with Gasteiger partial charge in [0.2, 0.25) is 5.91 Å². The number of rotatable bonds is 29. The summed E-state index contributed by atoms with van der Waals surface area (Å²) in [7, 11) is 0. The van der Waals surface area contributed by atoms with Crippen LogP contribution >= 0.6 is 0 Å². The maximum atomic E-state index is 12.8. The number of unbranched alkanes of at least 4 members (excludes halogenated alkanes) is 17. The van der Waals surface area contributed by atoms with Gasteiger partial charge in [-0.05, 0) is 44.9 Å². The molecule has 0 aliphatic carbocycles. The normalized spacial score (nSPS) is 23.3. The number of allylic oxidation sites excluding steroid dienone is 3. The fourth-order valence-electron chi connectivity index (χ4n) is 5.68. The second-order valence-electron chi connectivity index (χ2n) is 13.0. The average Bonchev–Trinajstić information content (AvgIpc) is 3.05. The molecular formula is C37H69NO8. The fraction of sp³-hybridized carbons (Fsp3) is 0.865. The topological polar surface area (TPSA) is 149 Å². The van der Waals surface area contributed by atoms with Crippen LogP contribution in [-0.2, 0) is 14.3 Å². The van der Waals surface area contributed by atoms with Crippen LogP contribution in [0, 0.1) is 0 Å². The van der Waals surface area contributed by atoms with Crippen molar-refractivity contribution >= 4 is 5.91 Å². The molecule has 1 aliphatic heterocycles. The summed E-state index contributed by atoms with van der Waals surface area (Å²) in [5.74, 6) is -0.191. The number of aliphatic hydroxyl groups is 5. The van der Waals surface area contributed by atoms with E-state index in [0.717, 1.165) is 57.8 Å². The molecule has 0 saturated carbocycles. The minimum atomic E-state index is -1.56. The van der Waals surface area contributed by atoms with E-state index in [4.69, 9.17) is 9.47 Å². The number of carbonyl (C=O) groups excluding carboxylic acids is 1. The molecule has 9 nitrogen and oxygen atoms in total. The zero-order valence-electron chi connectivity index (χ0n) is 29.1. The van der Waals surface area contributed by atoms with E-state index in [2.05, 4.69) is 31.3 Å². The Kier molecular flexibility index (Phi) is 26.6. The van der Waals surface area contributed by atoms with E-state index in [0.29, 0.717) is 6.42 Å². The van der Waals surface area contributed by atoms with E-state index >= 15 is 0 Å². The van der Waals surface area contributed by atoms with E-state index in [1.807, 2.05) is 6.08 Å². The Bertz CT molecular complexity index is 776. The number of nitrogens with one attached hydrogen (secondary N) is 1. The lowest BCUT2D eigenvalue weighted by Gasteiger charge is -2.40. The van der Waals surface area contributed by atoms with Crippen LogP contribution < -0.4 is 5.32 Å². The van der Waals surface area contributed by atoms with Crippen molar-refractivity contribution in [2.45, 2.75) is 192 Å². The molecule has 1 saturated heterocycles. The van der Waals surface area contributed by atoms with Crippen molar-refractivity contribution < 1.29 is 39.8 Å². The zero-order valence-corrected chi connectivity index (χ0v) is 29.1. The van der Waals surface area contributed by atoms with Gasteiger partial charge in [0.05, 0.1) is 25.4 Å². The third-order valence-corrected chi connectivity index (χ3v) is 8.77. The summed E-state index contributed by atoms with van der Waals surface area (Å²) in [6.07, 6.45) is 23.7. The number of hydrogen-bond acceptors (Lipinski definition) is 8. The summed E-state index contributed by atoms with van der Waals surface area (Å²) in [4.78, 5) is 12.8. The molecule has 270 valence electrons. The van der Waals surface area contributed by atoms with Crippen molar-refractivity contribution in [1.29, 1.82) is 0 Å². The molecule has 0 radical (unpaired) electrons. The molecule has 7 unspecified atom stereocenters. The number of carbonyl (C=O) groups is 1. The Balaban J connectivity index is 2.46. The lowest BCUT2D eigenvalue weighted by molar-refractivity contribution is -0.302. The Morgan fingerprint density at radius 2 is 1.22 bits per heavy atom. The minimum absolute atomic E-state index is 0.191. The van der Waals surface area contributed by atoms with E-state index in [-0.39, 0.29) is 12.5 Å². The summed E-state index contributed by atoms with van der Waals surface area (Å²) in [6, 6.07) is -0.802. The van der Waals surface area contributed by atoms with Crippen LogP contribution in [0.5, 0.6) is 0 Å². The summed E-state index contributed by atoms with van der Waals surface area (Å²) in [5.41, 5.74) is 0. The molecule has 9 heteroatoms. The van der Waals surface area contributed by atoms with E-state index < -0.39 is 49.5 Å². The molecule has 1 aliphatic rings. The first-order valence-electron chi connectivity index (χ1n) is 18.6. The SMILES string of the molecule is CCCCCCC/C=C\CCCCCCCC(=O)NC(COC1OC(CO)C(O)C(O)C1O)C(O)/C=C/CCCCCCCCC. The van der Waals surface area contributed by atoms with E-state index in [1.165, 1.54) is 70.6 Å². The van der Waals surface area contributed by atoms with E-state index in [1.54, 1.807) is 6.08 Å². The molecule has 0 bridgehead atoms. The molecule has 1 amide bonds. The number of ether oxygens (including phenoxy) is 2. The van der Waals surface area contributed by atoms with Gasteiger partial charge in [0.1, 0.15) is 24.4 Å². The molecule has 1 fully saturated rings. The fourth-order valence-corrected chi connectivity index (χ4v) is 5.68. The molecule has 1 rings (SSSR count). The predicted molar refractivity (Wildman–Crippen MR) is 184 cm³/mol. The molecule has 0 aromatic heterocycles. The number of amides is 1. The Hall–Kier alpha value is -1.33. The maximum absolute atomic E-state index is 12.8. The second kappa shape index (κ2) is 28.7. The van der Waals surface area contributed by atoms with Gasteiger partial charge in [-0.3, -0.25) is 4.79 Å². The molecule has 1 heterocycles. The van der Waals surface area contributed by atoms with Gasteiger partial charge in [-0.2, -0.15) is 0 Å². The van der Waals surface area contributed by atoms with Crippen LogP contribution in [-0.4, -0.2) is 87.5 Å². The van der Waals surface area contributed by atoms with Gasteiger partial charge < -0.3 is 40.3 Å². The van der Waals surface area contributed by atoms with Crippen molar-refractivity contribution in [3.63, 3.8) is 0 Å². The largest absolute Gasteiger partial charge is 0.394 e. The highest BCUT2D eigenvalue weighted by Gasteiger charge is 2.44. The van der Waals surface area contributed by atoms with Gasteiger partial charge in [0, 0.05) is 6.42 Å². The Labute approximate surface area is 279 Å².